The predicted molar refractivity (Wildman–Crippen MR) is 162 cm³/mol. The van der Waals surface area contributed by atoms with Gasteiger partial charge in [-0.15, -0.1) is 0 Å². The summed E-state index contributed by atoms with van der Waals surface area (Å²) in [6.07, 6.45) is 3.51. The van der Waals surface area contributed by atoms with Gasteiger partial charge in [0.05, 0.1) is 29.3 Å². The van der Waals surface area contributed by atoms with Crippen LogP contribution in [0.5, 0.6) is 5.75 Å². The molecule has 0 aliphatic carbocycles. The molecule has 216 valence electrons. The van der Waals surface area contributed by atoms with Gasteiger partial charge < -0.3 is 10.1 Å². The van der Waals surface area contributed by atoms with Gasteiger partial charge in [-0.1, -0.05) is 30.3 Å². The molecule has 1 atom stereocenters. The van der Waals surface area contributed by atoms with Crippen molar-refractivity contribution in [2.75, 3.05) is 38.6 Å². The van der Waals surface area contributed by atoms with E-state index in [0.717, 1.165) is 33.7 Å². The molecule has 1 fully saturated rings. The number of hydrogen-bond donors (Lipinski definition) is 1. The lowest BCUT2D eigenvalue weighted by atomic mass is 10.1. The average molecular weight is 584 g/mol. The molecule has 3 heterocycles. The van der Waals surface area contributed by atoms with Gasteiger partial charge in [0.25, 0.3) is 0 Å². The highest BCUT2D eigenvalue weighted by Crippen LogP contribution is 2.28. The number of rotatable bonds is 9. The molecule has 5 aromatic rings. The maximum absolute atomic E-state index is 13.4. The van der Waals surface area contributed by atoms with Crippen molar-refractivity contribution < 1.29 is 13.2 Å². The minimum absolute atomic E-state index is 0.0976. The van der Waals surface area contributed by atoms with Crippen molar-refractivity contribution in [2.24, 2.45) is 0 Å². The maximum Gasteiger partial charge on any atom is 0.243 e. The second kappa shape index (κ2) is 11.9. The smallest absolute Gasteiger partial charge is 0.243 e. The van der Waals surface area contributed by atoms with Crippen molar-refractivity contribution >= 4 is 26.7 Å². The Labute approximate surface area is 245 Å². The molecular weight excluding hydrogens is 550 g/mol. The van der Waals surface area contributed by atoms with Crippen LogP contribution in [0, 0.1) is 0 Å². The molecule has 6 rings (SSSR count). The quantitative estimate of drug-likeness (QED) is 0.270. The topological polar surface area (TPSA) is 105 Å². The van der Waals surface area contributed by atoms with Crippen LogP contribution in [0.1, 0.15) is 24.4 Å². The van der Waals surface area contributed by atoms with Crippen molar-refractivity contribution in [3.8, 4) is 11.4 Å². The van der Waals surface area contributed by atoms with Crippen molar-refractivity contribution in [1.82, 2.24) is 29.0 Å². The van der Waals surface area contributed by atoms with E-state index in [1.807, 2.05) is 60.8 Å². The minimum Gasteiger partial charge on any atom is -0.496 e. The van der Waals surface area contributed by atoms with Gasteiger partial charge in [-0.05, 0) is 55.5 Å². The van der Waals surface area contributed by atoms with Crippen LogP contribution in [0.3, 0.4) is 0 Å². The number of benzene rings is 3. The summed E-state index contributed by atoms with van der Waals surface area (Å²) >= 11 is 0. The Kier molecular flexibility index (Phi) is 7.88. The first-order valence-corrected chi connectivity index (χ1v) is 15.3. The van der Waals surface area contributed by atoms with E-state index in [4.69, 9.17) is 14.7 Å². The molecule has 0 radical (unpaired) electrons. The van der Waals surface area contributed by atoms with E-state index in [9.17, 15) is 8.42 Å². The molecule has 0 bridgehead atoms. The molecule has 42 heavy (non-hydrogen) atoms. The fraction of sp³-hybridized carbons (Fsp3) is 0.258. The van der Waals surface area contributed by atoms with E-state index in [2.05, 4.69) is 22.2 Å². The van der Waals surface area contributed by atoms with E-state index in [1.54, 1.807) is 46.6 Å². The third-order valence-corrected chi connectivity index (χ3v) is 9.61. The lowest BCUT2D eigenvalue weighted by molar-refractivity contribution is 0.141. The monoisotopic (exact) mass is 583 g/mol. The van der Waals surface area contributed by atoms with Crippen molar-refractivity contribution in [3.05, 3.63) is 103 Å². The van der Waals surface area contributed by atoms with Crippen LogP contribution >= 0.6 is 0 Å². The Balaban J connectivity index is 1.16. The highest BCUT2D eigenvalue weighted by atomic mass is 32.2. The number of para-hydroxylation sites is 2. The van der Waals surface area contributed by atoms with Gasteiger partial charge in [0.2, 0.25) is 10.0 Å². The summed E-state index contributed by atoms with van der Waals surface area (Å²) in [5.74, 6) is 2.27. The van der Waals surface area contributed by atoms with Crippen molar-refractivity contribution in [3.63, 3.8) is 0 Å². The molecule has 1 unspecified atom stereocenters. The molecule has 0 saturated carbocycles. The molecule has 1 saturated heterocycles. The number of methoxy groups -OCH3 is 1. The molecule has 1 N–H and O–H groups in total. The minimum atomic E-state index is -3.61. The van der Waals surface area contributed by atoms with Crippen molar-refractivity contribution in [1.29, 1.82) is 0 Å². The van der Waals surface area contributed by atoms with Crippen LogP contribution in [0.15, 0.2) is 96.2 Å². The Morgan fingerprint density at radius 1 is 0.905 bits per heavy atom. The summed E-state index contributed by atoms with van der Waals surface area (Å²) < 4.78 is 35.6. The maximum atomic E-state index is 13.4. The Morgan fingerprint density at radius 2 is 1.64 bits per heavy atom. The summed E-state index contributed by atoms with van der Waals surface area (Å²) in [6, 6.07) is 24.4. The fourth-order valence-electron chi connectivity index (χ4n) is 5.28. The number of hydrogen-bond acceptors (Lipinski definition) is 8. The standard InChI is InChI=1S/C31H33N7O3S/c1-23(30-34-28-10-5-4-9-27(28)31(35-30)32-22-24-8-3-6-11-29(24)41-2)36-18-20-37(21-19-36)42(39,40)26-14-12-25(13-15-26)38-17-7-16-33-38/h3-17,23H,18-22H2,1-2H3,(H,32,34,35). The lowest BCUT2D eigenvalue weighted by Crippen LogP contribution is -2.49. The molecule has 2 aromatic heterocycles. The highest BCUT2D eigenvalue weighted by Gasteiger charge is 2.31. The average Bonchev–Trinajstić information content (AvgIpc) is 3.59. The third-order valence-electron chi connectivity index (χ3n) is 7.70. The van der Waals surface area contributed by atoms with Crippen LogP contribution < -0.4 is 10.1 Å². The first kappa shape index (κ1) is 27.8. The van der Waals surface area contributed by atoms with Crippen molar-refractivity contribution in [2.45, 2.75) is 24.4 Å². The van der Waals surface area contributed by atoms with Gasteiger partial charge in [0.15, 0.2) is 0 Å². The molecule has 1 aliphatic rings. The number of nitrogens with one attached hydrogen (secondary N) is 1. The zero-order valence-corrected chi connectivity index (χ0v) is 24.4. The van der Waals surface area contributed by atoms with Gasteiger partial charge >= 0.3 is 0 Å². The van der Waals surface area contributed by atoms with E-state index in [-0.39, 0.29) is 10.9 Å². The summed E-state index contributed by atoms with van der Waals surface area (Å²) in [5, 5.41) is 8.64. The highest BCUT2D eigenvalue weighted by molar-refractivity contribution is 7.89. The number of fused-ring (bicyclic) bond motifs is 1. The largest absolute Gasteiger partial charge is 0.496 e. The van der Waals surface area contributed by atoms with Crippen LogP contribution in [-0.4, -0.2) is 70.7 Å². The molecule has 10 nitrogen and oxygen atoms in total. The summed E-state index contributed by atoms with van der Waals surface area (Å²) in [7, 11) is -1.94. The summed E-state index contributed by atoms with van der Waals surface area (Å²) in [5.41, 5.74) is 2.70. The second-order valence-electron chi connectivity index (χ2n) is 10.2. The van der Waals surface area contributed by atoms with E-state index in [1.165, 1.54) is 0 Å². The number of nitrogens with zero attached hydrogens (tertiary/aromatic N) is 6. The van der Waals surface area contributed by atoms with E-state index in [0.29, 0.717) is 38.5 Å². The van der Waals surface area contributed by atoms with Crippen LogP contribution in [0.25, 0.3) is 16.6 Å². The lowest BCUT2D eigenvalue weighted by Gasteiger charge is -2.36. The van der Waals surface area contributed by atoms with E-state index >= 15 is 0 Å². The molecule has 11 heteroatoms. The molecule has 3 aromatic carbocycles. The zero-order chi connectivity index (χ0) is 29.1. The Morgan fingerprint density at radius 3 is 2.38 bits per heavy atom. The van der Waals surface area contributed by atoms with Gasteiger partial charge in [-0.25, -0.2) is 23.1 Å². The Bertz CT molecular complexity index is 1770. The number of ether oxygens (including phenoxy) is 1. The third kappa shape index (κ3) is 5.58. The zero-order valence-electron chi connectivity index (χ0n) is 23.6. The van der Waals surface area contributed by atoms with Crippen LogP contribution in [-0.2, 0) is 16.6 Å². The van der Waals surface area contributed by atoms with E-state index < -0.39 is 10.0 Å². The van der Waals surface area contributed by atoms with Crippen LogP contribution in [0.4, 0.5) is 5.82 Å². The molecule has 1 aliphatic heterocycles. The van der Waals surface area contributed by atoms with Gasteiger partial charge in [0, 0.05) is 56.1 Å². The van der Waals surface area contributed by atoms with Gasteiger partial charge in [-0.3, -0.25) is 4.90 Å². The number of sulfonamides is 1. The Hall–Kier alpha value is -4.32. The summed E-state index contributed by atoms with van der Waals surface area (Å²) in [4.78, 5) is 12.4. The van der Waals surface area contributed by atoms with Gasteiger partial charge in [0.1, 0.15) is 17.4 Å². The predicted octanol–water partition coefficient (Wildman–Crippen LogP) is 4.50. The second-order valence-corrected chi connectivity index (χ2v) is 12.1. The summed E-state index contributed by atoms with van der Waals surface area (Å²) in [6.45, 7) is 4.56. The fourth-order valence-corrected chi connectivity index (χ4v) is 6.70. The molecule has 0 spiro atoms. The number of anilines is 1. The first-order chi connectivity index (χ1) is 20.4. The number of piperazine rings is 1. The molecule has 0 amide bonds. The SMILES string of the molecule is COc1ccccc1CNc1nc(C(C)N2CCN(S(=O)(=O)c3ccc(-n4cccn4)cc3)CC2)nc2ccccc12. The van der Waals surface area contributed by atoms with Crippen LogP contribution in [0.2, 0.25) is 0 Å². The number of aromatic nitrogens is 4. The normalized spacial score (nSPS) is 15.5. The first-order valence-electron chi connectivity index (χ1n) is 13.9. The van der Waals surface area contributed by atoms with Gasteiger partial charge in [-0.2, -0.15) is 9.40 Å². The molecular formula is C31H33N7O3S.